The van der Waals surface area contributed by atoms with Gasteiger partial charge in [0.1, 0.15) is 12.1 Å². The van der Waals surface area contributed by atoms with Crippen LogP contribution in [0.5, 0.6) is 11.5 Å². The number of hydrogen-bond donors (Lipinski definition) is 3. The van der Waals surface area contributed by atoms with E-state index in [9.17, 15) is 15.0 Å². The number of hydrogen-bond acceptors (Lipinski definition) is 6. The first kappa shape index (κ1) is 22.6. The van der Waals surface area contributed by atoms with Crippen molar-refractivity contribution in [2.45, 2.75) is 94.0 Å². The molecule has 2 bridgehead atoms. The van der Waals surface area contributed by atoms with Crippen LogP contribution in [-0.4, -0.2) is 71.1 Å². The van der Waals surface area contributed by atoms with E-state index < -0.39 is 17.6 Å². The van der Waals surface area contributed by atoms with E-state index >= 15 is 0 Å². The van der Waals surface area contributed by atoms with Crippen LogP contribution in [0.1, 0.15) is 63.5 Å². The molecule has 1 spiro atoms. The average Bonchev–Trinajstić information content (AvgIpc) is 3.57. The van der Waals surface area contributed by atoms with Crippen molar-refractivity contribution in [2.24, 2.45) is 11.8 Å². The topological polar surface area (TPSA) is 91.3 Å². The third-order valence-electron chi connectivity index (χ3n) is 9.96. The van der Waals surface area contributed by atoms with Gasteiger partial charge in [-0.2, -0.15) is 0 Å². The maximum absolute atomic E-state index is 12.2. The Kier molecular flexibility index (Phi) is 5.21. The molecular formula is C27H38N2O5. The van der Waals surface area contributed by atoms with Crippen molar-refractivity contribution >= 4 is 5.97 Å². The number of rotatable bonds is 8. The Balaban J connectivity index is 1.45. The number of ether oxygens (including phenoxy) is 2. The molecule has 3 fully saturated rings. The average molecular weight is 471 g/mol. The van der Waals surface area contributed by atoms with Crippen molar-refractivity contribution in [3.05, 3.63) is 23.3 Å². The normalized spacial score (nSPS) is 37.6. The fourth-order valence-electron chi connectivity index (χ4n) is 7.99. The van der Waals surface area contributed by atoms with Crippen LogP contribution >= 0.6 is 0 Å². The van der Waals surface area contributed by atoms with Gasteiger partial charge in [0.2, 0.25) is 0 Å². The Morgan fingerprint density at radius 1 is 1.32 bits per heavy atom. The van der Waals surface area contributed by atoms with Gasteiger partial charge in [0.25, 0.3) is 0 Å². The van der Waals surface area contributed by atoms with Crippen molar-refractivity contribution in [3.63, 3.8) is 0 Å². The highest BCUT2D eigenvalue weighted by Gasteiger charge is 2.74. The molecule has 186 valence electrons. The molecule has 2 saturated carbocycles. The van der Waals surface area contributed by atoms with Crippen molar-refractivity contribution < 1.29 is 24.5 Å². The predicted octanol–water partition coefficient (Wildman–Crippen LogP) is 3.07. The zero-order chi connectivity index (χ0) is 23.8. The third kappa shape index (κ3) is 2.89. The number of phenols is 1. The molecule has 7 nitrogen and oxygen atoms in total. The SMILES string of the molecule is CC[C@H](C)[C@H](N[C@@H]1CC[C@@]2(OC)[C@H]3Cc4ccc(O)c5c4[C@@]2(CCN3CC2CC2)[C@H]1O5)C(=O)O. The molecule has 6 rings (SSSR count). The highest BCUT2D eigenvalue weighted by Crippen LogP contribution is 2.66. The molecule has 7 atom stereocenters. The molecule has 34 heavy (non-hydrogen) atoms. The largest absolute Gasteiger partial charge is 0.504 e. The number of likely N-dealkylation sites (tertiary alicyclic amines) is 1. The molecule has 1 aromatic carbocycles. The van der Waals surface area contributed by atoms with Gasteiger partial charge in [0.05, 0.1) is 11.0 Å². The molecule has 3 N–H and O–H groups in total. The Hall–Kier alpha value is -1.83. The van der Waals surface area contributed by atoms with Crippen LogP contribution in [0.3, 0.4) is 0 Å². The lowest BCUT2D eigenvalue weighted by Crippen LogP contribution is -2.79. The summed E-state index contributed by atoms with van der Waals surface area (Å²) in [6.45, 7) is 6.15. The van der Waals surface area contributed by atoms with Gasteiger partial charge in [-0.1, -0.05) is 26.3 Å². The molecule has 5 aliphatic rings. The van der Waals surface area contributed by atoms with E-state index in [1.54, 1.807) is 6.07 Å². The Morgan fingerprint density at radius 3 is 2.79 bits per heavy atom. The number of nitrogens with one attached hydrogen (secondary N) is 1. The zero-order valence-electron chi connectivity index (χ0n) is 20.5. The summed E-state index contributed by atoms with van der Waals surface area (Å²) in [6.07, 6.45) is 6.63. The minimum atomic E-state index is -0.810. The lowest BCUT2D eigenvalue weighted by molar-refractivity contribution is -0.208. The molecule has 0 unspecified atom stereocenters. The molecule has 1 aromatic rings. The summed E-state index contributed by atoms with van der Waals surface area (Å²) in [5.41, 5.74) is 1.60. The second-order valence-corrected chi connectivity index (χ2v) is 11.5. The Bertz CT molecular complexity index is 995. The quantitative estimate of drug-likeness (QED) is 0.538. The summed E-state index contributed by atoms with van der Waals surface area (Å²) in [5, 5.41) is 24.3. The lowest BCUT2D eigenvalue weighted by atomic mass is 9.48. The molecule has 1 saturated heterocycles. The van der Waals surface area contributed by atoms with E-state index in [-0.39, 0.29) is 35.3 Å². The number of nitrogens with zero attached hydrogens (tertiary/aromatic N) is 1. The summed E-state index contributed by atoms with van der Waals surface area (Å²) in [4.78, 5) is 14.8. The molecule has 0 amide bonds. The first-order valence-electron chi connectivity index (χ1n) is 13.2. The monoisotopic (exact) mass is 470 g/mol. The summed E-state index contributed by atoms with van der Waals surface area (Å²) < 4.78 is 13.3. The van der Waals surface area contributed by atoms with E-state index in [1.807, 2.05) is 21.0 Å². The number of benzene rings is 1. The van der Waals surface area contributed by atoms with Gasteiger partial charge < -0.3 is 19.7 Å². The molecule has 2 aliphatic heterocycles. The van der Waals surface area contributed by atoms with Gasteiger partial charge in [-0.15, -0.1) is 0 Å². The number of carbonyl (C=O) groups is 1. The van der Waals surface area contributed by atoms with E-state index in [4.69, 9.17) is 9.47 Å². The van der Waals surface area contributed by atoms with Crippen molar-refractivity contribution in [2.75, 3.05) is 20.2 Å². The highest BCUT2D eigenvalue weighted by atomic mass is 16.5. The van der Waals surface area contributed by atoms with E-state index in [0.717, 1.165) is 56.7 Å². The first-order valence-corrected chi connectivity index (χ1v) is 13.2. The fourth-order valence-corrected chi connectivity index (χ4v) is 7.99. The molecule has 0 aromatic heterocycles. The van der Waals surface area contributed by atoms with Crippen LogP contribution in [0.25, 0.3) is 0 Å². The fraction of sp³-hybridized carbons (Fsp3) is 0.741. The van der Waals surface area contributed by atoms with Gasteiger partial charge in [0, 0.05) is 31.3 Å². The number of carboxylic acids is 1. The minimum Gasteiger partial charge on any atom is -0.504 e. The minimum absolute atomic E-state index is 0.0105. The summed E-state index contributed by atoms with van der Waals surface area (Å²) in [5.74, 6) is 0.788. The van der Waals surface area contributed by atoms with Crippen molar-refractivity contribution in [3.8, 4) is 11.5 Å². The Morgan fingerprint density at radius 2 is 2.12 bits per heavy atom. The van der Waals surface area contributed by atoms with Crippen LogP contribution in [-0.2, 0) is 21.4 Å². The van der Waals surface area contributed by atoms with Crippen LogP contribution in [0.2, 0.25) is 0 Å². The number of piperidine rings is 1. The van der Waals surface area contributed by atoms with Gasteiger partial charge >= 0.3 is 5.97 Å². The number of aromatic hydroxyl groups is 1. The number of carboxylic acid groups (broad SMARTS) is 1. The molecule has 3 aliphatic carbocycles. The maximum Gasteiger partial charge on any atom is 0.320 e. The van der Waals surface area contributed by atoms with Crippen molar-refractivity contribution in [1.82, 2.24) is 10.2 Å². The van der Waals surface area contributed by atoms with E-state index in [2.05, 4.69) is 16.3 Å². The molecule has 7 heteroatoms. The predicted molar refractivity (Wildman–Crippen MR) is 127 cm³/mol. The molecule has 0 radical (unpaired) electrons. The van der Waals surface area contributed by atoms with Crippen LogP contribution in [0.15, 0.2) is 12.1 Å². The third-order valence-corrected chi connectivity index (χ3v) is 9.96. The summed E-state index contributed by atoms with van der Waals surface area (Å²) >= 11 is 0. The van der Waals surface area contributed by atoms with Crippen LogP contribution < -0.4 is 10.1 Å². The second kappa shape index (κ2) is 7.84. The number of aliphatic carboxylic acids is 1. The van der Waals surface area contributed by atoms with E-state index in [1.165, 1.54) is 18.4 Å². The van der Waals surface area contributed by atoms with Crippen LogP contribution in [0.4, 0.5) is 0 Å². The first-order chi connectivity index (χ1) is 16.4. The number of methoxy groups -OCH3 is 1. The second-order valence-electron chi connectivity index (χ2n) is 11.5. The number of phenolic OH excluding ortho intramolecular Hbond substituents is 1. The van der Waals surface area contributed by atoms with Gasteiger partial charge in [-0.05, 0) is 68.5 Å². The van der Waals surface area contributed by atoms with Crippen LogP contribution in [0, 0.1) is 11.8 Å². The summed E-state index contributed by atoms with van der Waals surface area (Å²) in [6, 6.07) is 3.37. The molecular weight excluding hydrogens is 432 g/mol. The summed E-state index contributed by atoms with van der Waals surface area (Å²) in [7, 11) is 1.85. The smallest absolute Gasteiger partial charge is 0.320 e. The standard InChI is InChI=1S/C27H38N2O5/c1-4-15(2)22(25(31)32)28-18-9-10-27(33-3)20-13-17-7-8-19(30)23-21(17)26(27,24(18)34-23)11-12-29(20)14-16-5-6-16/h7-8,15-16,18,20,22,24,28,30H,4-6,9-14H2,1-3H3,(H,31,32)/t15-,18+,20+,22-,24-,26-,27+/m0/s1. The van der Waals surface area contributed by atoms with Gasteiger partial charge in [-0.25, -0.2) is 0 Å². The zero-order valence-corrected chi connectivity index (χ0v) is 20.5. The molecule has 2 heterocycles. The maximum atomic E-state index is 12.2. The Labute approximate surface area is 201 Å². The van der Waals surface area contributed by atoms with Gasteiger partial charge in [0.15, 0.2) is 11.5 Å². The highest BCUT2D eigenvalue weighted by molar-refractivity contribution is 5.74. The van der Waals surface area contributed by atoms with Gasteiger partial charge in [-0.3, -0.25) is 15.0 Å². The van der Waals surface area contributed by atoms with E-state index in [0.29, 0.717) is 5.75 Å². The van der Waals surface area contributed by atoms with Crippen molar-refractivity contribution in [1.29, 1.82) is 0 Å². The lowest BCUT2D eigenvalue weighted by Gasteiger charge is -2.66.